The molecule has 2 saturated carbocycles. The molecule has 2 fully saturated rings. The number of carbonyl (C=O) groups excluding carboxylic acids is 13. The lowest BCUT2D eigenvalue weighted by molar-refractivity contribution is -0.146. The summed E-state index contributed by atoms with van der Waals surface area (Å²) in [6, 6.07) is 0.269. The summed E-state index contributed by atoms with van der Waals surface area (Å²) in [5, 5.41) is 14.0. The molecule has 0 aromatic heterocycles. The number of hydrogen-bond acceptors (Lipinski definition) is 22. The Labute approximate surface area is 394 Å². The number of carbonyl (C=O) groups is 13. The van der Waals surface area contributed by atoms with E-state index in [1.54, 1.807) is 7.05 Å². The third kappa shape index (κ3) is 24.5. The zero-order valence-corrected chi connectivity index (χ0v) is 39.2. The van der Waals surface area contributed by atoms with Gasteiger partial charge in [0.25, 0.3) is 0 Å². The lowest BCUT2D eigenvalue weighted by atomic mass is 9.70. The van der Waals surface area contributed by atoms with Crippen molar-refractivity contribution in [3.8, 4) is 0 Å². The van der Waals surface area contributed by atoms with E-state index in [2.05, 4.69) is 83.8 Å². The van der Waals surface area contributed by atoms with Gasteiger partial charge in [0.2, 0.25) is 69.9 Å². The first-order valence-corrected chi connectivity index (χ1v) is 22.6. The van der Waals surface area contributed by atoms with Crippen LogP contribution in [0.4, 0.5) is 0 Å². The highest BCUT2D eigenvalue weighted by molar-refractivity contribution is 6.56. The van der Waals surface area contributed by atoms with Crippen LogP contribution in [0, 0.1) is 23.7 Å². The molecule has 6 atom stereocenters. The van der Waals surface area contributed by atoms with Gasteiger partial charge in [0, 0.05) is 12.1 Å². The zero-order chi connectivity index (χ0) is 50.6. The summed E-state index contributed by atoms with van der Waals surface area (Å²) in [4.78, 5) is 155. The van der Waals surface area contributed by atoms with Gasteiger partial charge in [-0.3, -0.25) is 62.3 Å². The lowest BCUT2D eigenvalue weighted by Crippen LogP contribution is -2.53. The fourth-order valence-corrected chi connectivity index (χ4v) is 7.81. The van der Waals surface area contributed by atoms with Crippen LogP contribution in [0.3, 0.4) is 0 Å². The molecule has 68 heavy (non-hydrogen) atoms. The molecule has 2 aliphatic rings. The Hall–Kier alpha value is -5.45. The molecule has 0 aromatic carbocycles. The highest BCUT2D eigenvalue weighted by Crippen LogP contribution is 2.39. The summed E-state index contributed by atoms with van der Waals surface area (Å²) in [6.45, 7) is 6.29. The predicted octanol–water partition coefficient (Wildman–Crippen LogP) is -4.68. The Morgan fingerprint density at radius 3 is 1.10 bits per heavy atom. The number of amides is 4. The molecular formula is C42H69N13O13. The maximum Gasteiger partial charge on any atom is 0.234 e. The minimum Gasteiger partial charge on any atom is -0.353 e. The summed E-state index contributed by atoms with van der Waals surface area (Å²) >= 11 is 0. The number of ketones is 9. The minimum atomic E-state index is -1.49. The lowest BCUT2D eigenvalue weighted by Gasteiger charge is -2.39. The number of nitrogens with one attached hydrogen (secondary N) is 13. The van der Waals surface area contributed by atoms with Crippen LogP contribution < -0.4 is 70.0 Å². The van der Waals surface area contributed by atoms with Gasteiger partial charge in [0.15, 0.2) is 0 Å². The molecule has 6 unspecified atom stereocenters. The van der Waals surface area contributed by atoms with E-state index in [4.69, 9.17) is 0 Å². The van der Waals surface area contributed by atoms with Gasteiger partial charge >= 0.3 is 0 Å². The molecule has 2 rings (SSSR count). The van der Waals surface area contributed by atoms with E-state index in [9.17, 15) is 62.3 Å². The zero-order valence-electron chi connectivity index (χ0n) is 39.2. The van der Waals surface area contributed by atoms with E-state index in [-0.39, 0.29) is 63.7 Å². The minimum absolute atomic E-state index is 0.0368. The van der Waals surface area contributed by atoms with Crippen molar-refractivity contribution < 1.29 is 62.3 Å². The maximum absolute atomic E-state index is 12.6. The van der Waals surface area contributed by atoms with Crippen molar-refractivity contribution in [3.05, 3.63) is 0 Å². The van der Waals surface area contributed by atoms with Gasteiger partial charge in [0.1, 0.15) is 12.2 Å². The first-order valence-electron chi connectivity index (χ1n) is 22.6. The molecule has 4 amide bonds. The van der Waals surface area contributed by atoms with Gasteiger partial charge in [-0.05, 0) is 82.6 Å². The second kappa shape index (κ2) is 32.3. The average molecular weight is 964 g/mol. The number of likely N-dealkylation sites (N-methyl/N-ethyl adjacent to an activating group) is 1. The monoisotopic (exact) mass is 964 g/mol. The molecule has 380 valence electrons. The van der Waals surface area contributed by atoms with Crippen LogP contribution in [0.15, 0.2) is 0 Å². The number of Topliss-reactive ketones (excluding diaryl/α,β-unsaturated/α-hetero) is 9. The topological polar surface area (TPSA) is 378 Å². The van der Waals surface area contributed by atoms with Gasteiger partial charge in [-0.1, -0.05) is 13.8 Å². The van der Waals surface area contributed by atoms with Gasteiger partial charge in [-0.2, -0.15) is 0 Å². The summed E-state index contributed by atoms with van der Waals surface area (Å²) in [5.74, 6) is -11.3. The molecule has 0 bridgehead atoms. The van der Waals surface area contributed by atoms with Crippen LogP contribution in [0.1, 0.15) is 104 Å². The summed E-state index contributed by atoms with van der Waals surface area (Å²) in [6.07, 6.45) is 1.62. The Bertz CT molecular complexity index is 1830. The van der Waals surface area contributed by atoms with Crippen LogP contribution in [0.25, 0.3) is 0 Å². The van der Waals surface area contributed by atoms with Gasteiger partial charge in [-0.25, -0.2) is 43.4 Å². The molecule has 26 heteroatoms. The van der Waals surface area contributed by atoms with Crippen LogP contribution in [-0.2, 0) is 62.3 Å². The van der Waals surface area contributed by atoms with Crippen molar-refractivity contribution in [2.75, 3.05) is 46.9 Å². The van der Waals surface area contributed by atoms with E-state index in [1.807, 2.05) is 0 Å². The van der Waals surface area contributed by atoms with Crippen LogP contribution >= 0.6 is 0 Å². The highest BCUT2D eigenvalue weighted by atomic mass is 16.2. The quantitative estimate of drug-likeness (QED) is 0.00923. The number of hydrazine groups is 4. The second-order valence-electron chi connectivity index (χ2n) is 17.1. The predicted molar refractivity (Wildman–Crippen MR) is 240 cm³/mol. The fraction of sp³-hybridized carbons (Fsp3) is 0.690. The molecule has 2 aliphatic carbocycles. The second-order valence-corrected chi connectivity index (χ2v) is 17.1. The summed E-state index contributed by atoms with van der Waals surface area (Å²) < 4.78 is 0. The van der Waals surface area contributed by atoms with Crippen molar-refractivity contribution >= 4 is 75.7 Å². The van der Waals surface area contributed by atoms with E-state index < -0.39 is 96.0 Å². The third-order valence-electron chi connectivity index (χ3n) is 11.3. The first-order chi connectivity index (χ1) is 32.3. The van der Waals surface area contributed by atoms with Crippen LogP contribution in [-0.4, -0.2) is 135 Å². The fourth-order valence-electron chi connectivity index (χ4n) is 7.81. The van der Waals surface area contributed by atoms with E-state index in [0.29, 0.717) is 30.2 Å². The maximum atomic E-state index is 12.6. The average Bonchev–Trinajstić information content (AvgIpc) is 3.26. The Kier molecular flexibility index (Phi) is 27.9. The van der Waals surface area contributed by atoms with Crippen LogP contribution in [0.5, 0.6) is 0 Å². The Balaban J connectivity index is 1.42. The summed E-state index contributed by atoms with van der Waals surface area (Å²) in [7, 11) is 1.77. The van der Waals surface area contributed by atoms with Gasteiger partial charge in [-0.15, -0.1) is 0 Å². The molecule has 0 radical (unpaired) electrons. The van der Waals surface area contributed by atoms with Crippen molar-refractivity contribution in [2.24, 2.45) is 23.7 Å². The van der Waals surface area contributed by atoms with E-state index >= 15 is 0 Å². The largest absolute Gasteiger partial charge is 0.353 e. The van der Waals surface area contributed by atoms with E-state index in [1.165, 1.54) is 6.42 Å². The Morgan fingerprint density at radius 1 is 0.397 bits per heavy atom. The standard InChI is InChI=1S/C42H69N13O13/c1-24-9-27(12-28-6-8-30(25(2)10-28)55-42(68)18-43-4)5-7-29(24)54-41(67)17-40(66)45-20-47-49-22-51-53-23-52-50-21-48-46-19-44-39(65)16-38(64)37(63)15-36(62)35(61)14-34(60)33(59)13-32(58)31(57)11-26(3)56/h24-25,27-30,43,46-53H,5-23H2,1-4H3,(H,44,65)(H,45,66)(H,54,67)(H,55,68). The molecule has 0 saturated heterocycles. The molecule has 0 heterocycles. The van der Waals surface area contributed by atoms with Crippen molar-refractivity contribution in [1.29, 1.82) is 0 Å². The molecule has 26 nitrogen and oxygen atoms in total. The number of hydrogen-bond donors (Lipinski definition) is 13. The van der Waals surface area contributed by atoms with Crippen molar-refractivity contribution in [3.63, 3.8) is 0 Å². The molecule has 13 N–H and O–H groups in total. The van der Waals surface area contributed by atoms with Crippen molar-refractivity contribution in [1.82, 2.24) is 70.0 Å². The molecule has 0 aromatic rings. The third-order valence-corrected chi connectivity index (χ3v) is 11.3. The van der Waals surface area contributed by atoms with Crippen LogP contribution in [0.2, 0.25) is 0 Å². The molecular weight excluding hydrogens is 895 g/mol. The highest BCUT2D eigenvalue weighted by Gasteiger charge is 2.34. The van der Waals surface area contributed by atoms with Gasteiger partial charge in [0.05, 0.1) is 72.0 Å². The molecule has 0 spiro atoms. The summed E-state index contributed by atoms with van der Waals surface area (Å²) in [5.41, 5.74) is 22.1. The number of rotatable bonds is 36. The molecule has 0 aliphatic heterocycles. The Morgan fingerprint density at radius 2 is 0.735 bits per heavy atom. The van der Waals surface area contributed by atoms with Crippen molar-refractivity contribution in [2.45, 2.75) is 116 Å². The first kappa shape index (κ1) is 58.7. The normalized spacial score (nSPS) is 20.0. The van der Waals surface area contributed by atoms with Gasteiger partial charge < -0.3 is 26.6 Å². The smallest absolute Gasteiger partial charge is 0.234 e. The van der Waals surface area contributed by atoms with E-state index in [0.717, 1.165) is 45.4 Å². The SMILES string of the molecule is CNCC(=O)NC1CCC(CC2CCC(NC(=O)CC(=O)NCNNCNNCNNCNNCNC(=O)CC(=O)C(=O)CC(=O)C(=O)CC(=O)C(=O)CC(=O)C(=O)CC(C)=O)C(C)C2)CC1C.